The Morgan fingerprint density at radius 1 is 1.13 bits per heavy atom. The summed E-state index contributed by atoms with van der Waals surface area (Å²) in [4.78, 5) is 13.0. The van der Waals surface area contributed by atoms with Gasteiger partial charge in [0.1, 0.15) is 10.6 Å². The predicted molar refractivity (Wildman–Crippen MR) is 123 cm³/mol. The molecular weight excluding hydrogens is 412 g/mol. The summed E-state index contributed by atoms with van der Waals surface area (Å²) in [5.41, 5.74) is 3.92. The number of nitrogens with zero attached hydrogens (tertiary/aromatic N) is 1. The van der Waals surface area contributed by atoms with Crippen LogP contribution in [0.4, 0.5) is 5.69 Å². The standard InChI is InChI=1S/C24H32N2O4S/c1-16(2)19-9-11-22(30-5)23(14-19)31(28,29)26-12-6-7-20(15-26)24(27)25-21-10-8-17(3)18(4)13-21/h8-11,13-14,16,20H,6-7,12,15H2,1-5H3,(H,25,27)/t20-/m0/s1. The van der Waals surface area contributed by atoms with E-state index in [-0.39, 0.29) is 23.3 Å². The molecule has 1 aliphatic heterocycles. The molecule has 0 bridgehead atoms. The summed E-state index contributed by atoms with van der Waals surface area (Å²) in [6.07, 6.45) is 1.29. The number of anilines is 1. The van der Waals surface area contributed by atoms with Crippen molar-refractivity contribution in [3.63, 3.8) is 0 Å². The number of hydrogen-bond acceptors (Lipinski definition) is 4. The summed E-state index contributed by atoms with van der Waals surface area (Å²) < 4.78 is 33.7. The molecule has 7 heteroatoms. The molecule has 31 heavy (non-hydrogen) atoms. The minimum absolute atomic E-state index is 0.147. The number of piperidine rings is 1. The van der Waals surface area contributed by atoms with E-state index in [9.17, 15) is 13.2 Å². The fourth-order valence-electron chi connectivity index (χ4n) is 3.83. The molecule has 1 N–H and O–H groups in total. The molecule has 0 aliphatic carbocycles. The van der Waals surface area contributed by atoms with Gasteiger partial charge in [-0.25, -0.2) is 8.42 Å². The lowest BCUT2D eigenvalue weighted by Crippen LogP contribution is -2.43. The van der Waals surface area contributed by atoms with Crippen LogP contribution in [0.1, 0.15) is 49.3 Å². The number of rotatable bonds is 6. The quantitative estimate of drug-likeness (QED) is 0.713. The van der Waals surface area contributed by atoms with Crippen LogP contribution in [0.25, 0.3) is 0 Å². The van der Waals surface area contributed by atoms with Gasteiger partial charge in [-0.2, -0.15) is 4.31 Å². The summed E-state index contributed by atoms with van der Waals surface area (Å²) in [7, 11) is -2.31. The number of carbonyl (C=O) groups excluding carboxylic acids is 1. The van der Waals surface area contributed by atoms with Gasteiger partial charge >= 0.3 is 0 Å². The van der Waals surface area contributed by atoms with Gasteiger partial charge in [0.15, 0.2) is 0 Å². The van der Waals surface area contributed by atoms with Gasteiger partial charge in [-0.1, -0.05) is 26.0 Å². The predicted octanol–water partition coefficient (Wildman–Crippen LogP) is 4.47. The lowest BCUT2D eigenvalue weighted by Gasteiger charge is -2.31. The maximum absolute atomic E-state index is 13.5. The molecule has 0 spiro atoms. The second kappa shape index (κ2) is 9.40. The summed E-state index contributed by atoms with van der Waals surface area (Å²) in [6, 6.07) is 11.1. The highest BCUT2D eigenvalue weighted by molar-refractivity contribution is 7.89. The number of sulfonamides is 1. The molecule has 0 aromatic heterocycles. The number of methoxy groups -OCH3 is 1. The van der Waals surface area contributed by atoms with Gasteiger partial charge in [-0.15, -0.1) is 0 Å². The van der Waals surface area contributed by atoms with E-state index in [1.807, 2.05) is 52.0 Å². The lowest BCUT2D eigenvalue weighted by molar-refractivity contribution is -0.120. The van der Waals surface area contributed by atoms with Crippen molar-refractivity contribution in [3.8, 4) is 5.75 Å². The van der Waals surface area contributed by atoms with Crippen LogP contribution in [0.3, 0.4) is 0 Å². The highest BCUT2D eigenvalue weighted by atomic mass is 32.2. The van der Waals surface area contributed by atoms with Crippen LogP contribution >= 0.6 is 0 Å². The van der Waals surface area contributed by atoms with E-state index in [2.05, 4.69) is 5.32 Å². The number of ether oxygens (including phenoxy) is 1. The zero-order valence-electron chi connectivity index (χ0n) is 18.9. The fourth-order valence-corrected chi connectivity index (χ4v) is 5.55. The first-order chi connectivity index (χ1) is 14.6. The first-order valence-corrected chi connectivity index (χ1v) is 12.1. The second-order valence-corrected chi connectivity index (χ2v) is 10.5. The van der Waals surface area contributed by atoms with E-state index in [1.165, 1.54) is 11.4 Å². The Labute approximate surface area is 185 Å². The fraction of sp³-hybridized carbons (Fsp3) is 0.458. The molecule has 1 aliphatic rings. The van der Waals surface area contributed by atoms with Gasteiger partial charge in [-0.3, -0.25) is 4.79 Å². The topological polar surface area (TPSA) is 75.7 Å². The van der Waals surface area contributed by atoms with Crippen LogP contribution in [0, 0.1) is 19.8 Å². The van der Waals surface area contributed by atoms with Crippen molar-refractivity contribution in [1.82, 2.24) is 4.31 Å². The Balaban J connectivity index is 1.81. The normalized spacial score (nSPS) is 17.5. The molecule has 1 heterocycles. The van der Waals surface area contributed by atoms with Crippen LogP contribution in [-0.4, -0.2) is 38.8 Å². The first kappa shape index (κ1) is 23.3. The average molecular weight is 445 g/mol. The van der Waals surface area contributed by atoms with Crippen molar-refractivity contribution < 1.29 is 17.9 Å². The van der Waals surface area contributed by atoms with Crippen LogP contribution in [0.15, 0.2) is 41.3 Å². The lowest BCUT2D eigenvalue weighted by atomic mass is 9.98. The van der Waals surface area contributed by atoms with Crippen molar-refractivity contribution in [2.45, 2.75) is 51.3 Å². The van der Waals surface area contributed by atoms with Crippen LogP contribution in [-0.2, 0) is 14.8 Å². The number of benzene rings is 2. The Kier molecular flexibility index (Phi) is 7.06. The van der Waals surface area contributed by atoms with Crippen molar-refractivity contribution in [1.29, 1.82) is 0 Å². The molecule has 2 aromatic carbocycles. The number of aryl methyl sites for hydroxylation is 2. The largest absolute Gasteiger partial charge is 0.495 e. The van der Waals surface area contributed by atoms with E-state index in [0.29, 0.717) is 25.1 Å². The molecule has 168 valence electrons. The van der Waals surface area contributed by atoms with E-state index < -0.39 is 15.9 Å². The molecule has 1 amide bonds. The molecule has 1 fully saturated rings. The van der Waals surface area contributed by atoms with Gasteiger partial charge < -0.3 is 10.1 Å². The van der Waals surface area contributed by atoms with Gasteiger partial charge in [0.05, 0.1) is 13.0 Å². The molecule has 0 radical (unpaired) electrons. The highest BCUT2D eigenvalue weighted by Gasteiger charge is 2.35. The third kappa shape index (κ3) is 5.10. The minimum Gasteiger partial charge on any atom is -0.495 e. The third-order valence-corrected chi connectivity index (χ3v) is 7.89. The van der Waals surface area contributed by atoms with Crippen molar-refractivity contribution in [2.75, 3.05) is 25.5 Å². The van der Waals surface area contributed by atoms with Crippen LogP contribution in [0.5, 0.6) is 5.75 Å². The molecular formula is C24H32N2O4S. The Bertz CT molecular complexity index is 1060. The summed E-state index contributed by atoms with van der Waals surface area (Å²) in [6.45, 7) is 8.61. The van der Waals surface area contributed by atoms with E-state index in [4.69, 9.17) is 4.74 Å². The highest BCUT2D eigenvalue weighted by Crippen LogP contribution is 2.32. The first-order valence-electron chi connectivity index (χ1n) is 10.7. The molecule has 0 saturated carbocycles. The van der Waals surface area contributed by atoms with E-state index in [0.717, 1.165) is 22.4 Å². The number of nitrogens with one attached hydrogen (secondary N) is 1. The molecule has 1 atom stereocenters. The van der Waals surface area contributed by atoms with E-state index >= 15 is 0 Å². The maximum atomic E-state index is 13.5. The summed E-state index contributed by atoms with van der Waals surface area (Å²) >= 11 is 0. The van der Waals surface area contributed by atoms with Crippen LogP contribution in [0.2, 0.25) is 0 Å². The third-order valence-electron chi connectivity index (χ3n) is 6.00. The number of amides is 1. The molecule has 0 unspecified atom stereocenters. The zero-order valence-corrected chi connectivity index (χ0v) is 19.8. The molecule has 2 aromatic rings. The smallest absolute Gasteiger partial charge is 0.246 e. The van der Waals surface area contributed by atoms with Gasteiger partial charge in [0.25, 0.3) is 0 Å². The van der Waals surface area contributed by atoms with Gasteiger partial charge in [0, 0.05) is 18.8 Å². The van der Waals surface area contributed by atoms with Crippen molar-refractivity contribution >= 4 is 21.6 Å². The number of carbonyl (C=O) groups is 1. The van der Waals surface area contributed by atoms with Gasteiger partial charge in [0.2, 0.25) is 15.9 Å². The minimum atomic E-state index is -3.78. The molecule has 3 rings (SSSR count). The molecule has 6 nitrogen and oxygen atoms in total. The van der Waals surface area contributed by atoms with Crippen molar-refractivity contribution in [3.05, 3.63) is 53.1 Å². The average Bonchev–Trinajstić information content (AvgIpc) is 2.75. The monoisotopic (exact) mass is 444 g/mol. The van der Waals surface area contributed by atoms with Crippen molar-refractivity contribution in [2.24, 2.45) is 5.92 Å². The Morgan fingerprint density at radius 3 is 2.52 bits per heavy atom. The Morgan fingerprint density at radius 2 is 1.87 bits per heavy atom. The number of hydrogen-bond donors (Lipinski definition) is 1. The van der Waals surface area contributed by atoms with Gasteiger partial charge in [-0.05, 0) is 73.6 Å². The summed E-state index contributed by atoms with van der Waals surface area (Å²) in [5.74, 6) is -0.0285. The maximum Gasteiger partial charge on any atom is 0.246 e. The summed E-state index contributed by atoms with van der Waals surface area (Å²) in [5, 5.41) is 2.95. The second-order valence-electron chi connectivity index (χ2n) is 8.56. The van der Waals surface area contributed by atoms with Crippen LogP contribution < -0.4 is 10.1 Å². The zero-order chi connectivity index (χ0) is 22.8. The Hall–Kier alpha value is -2.38. The molecule has 1 saturated heterocycles. The van der Waals surface area contributed by atoms with E-state index in [1.54, 1.807) is 12.1 Å². The SMILES string of the molecule is COc1ccc(C(C)C)cc1S(=O)(=O)N1CCC[C@H](C(=O)Nc2ccc(C)c(C)c2)C1.